The summed E-state index contributed by atoms with van der Waals surface area (Å²) in [6, 6.07) is 10.2. The number of hydrogen-bond donors (Lipinski definition) is 1. The average molecular weight is 261 g/mol. The van der Waals surface area contributed by atoms with Crippen LogP contribution in [-0.4, -0.2) is 28.6 Å². The molecule has 0 unspecified atom stereocenters. The molecule has 0 bridgehead atoms. The minimum atomic E-state index is -0.686. The van der Waals surface area contributed by atoms with Crippen LogP contribution in [0.2, 0.25) is 0 Å². The van der Waals surface area contributed by atoms with Crippen LogP contribution >= 0.6 is 11.3 Å². The van der Waals surface area contributed by atoms with Crippen molar-refractivity contribution in [2.45, 2.75) is 25.4 Å². The normalized spacial score (nSPS) is 20.6. The first kappa shape index (κ1) is 11.7. The third-order valence-electron chi connectivity index (χ3n) is 3.48. The van der Waals surface area contributed by atoms with Crippen LogP contribution in [0, 0.1) is 0 Å². The lowest BCUT2D eigenvalue weighted by Gasteiger charge is -2.19. The quantitative estimate of drug-likeness (QED) is 0.923. The fourth-order valence-electron chi connectivity index (χ4n) is 2.61. The first-order valence-corrected chi connectivity index (χ1v) is 7.00. The van der Waals surface area contributed by atoms with Gasteiger partial charge in [0.15, 0.2) is 0 Å². The highest BCUT2D eigenvalue weighted by Gasteiger charge is 2.30. The van der Waals surface area contributed by atoms with Gasteiger partial charge in [0.25, 0.3) is 0 Å². The summed E-state index contributed by atoms with van der Waals surface area (Å²) in [6.07, 6.45) is 1.77. The second-order valence-electron chi connectivity index (χ2n) is 4.72. The van der Waals surface area contributed by atoms with Gasteiger partial charge < -0.3 is 5.11 Å². The number of carbonyl (C=O) groups is 1. The van der Waals surface area contributed by atoms with Gasteiger partial charge in [-0.15, -0.1) is 11.3 Å². The summed E-state index contributed by atoms with van der Waals surface area (Å²) in [5, 5.41) is 10.4. The van der Waals surface area contributed by atoms with Crippen LogP contribution in [-0.2, 0) is 11.3 Å². The molecule has 1 saturated heterocycles. The van der Waals surface area contributed by atoms with Crippen LogP contribution in [0.4, 0.5) is 0 Å². The van der Waals surface area contributed by atoms with E-state index in [1.165, 1.54) is 15.0 Å². The molecule has 1 N–H and O–H groups in total. The van der Waals surface area contributed by atoms with E-state index >= 15 is 0 Å². The predicted molar refractivity (Wildman–Crippen MR) is 72.9 cm³/mol. The Balaban J connectivity index is 1.81. The zero-order chi connectivity index (χ0) is 12.5. The van der Waals surface area contributed by atoms with Crippen LogP contribution in [0.25, 0.3) is 10.1 Å². The fraction of sp³-hybridized carbons (Fsp3) is 0.357. The Morgan fingerprint density at radius 3 is 3.06 bits per heavy atom. The molecule has 1 aromatic carbocycles. The molecule has 1 aliphatic rings. The molecule has 0 amide bonds. The molecule has 3 rings (SSSR count). The summed E-state index contributed by atoms with van der Waals surface area (Å²) < 4.78 is 1.28. The van der Waals surface area contributed by atoms with E-state index in [1.54, 1.807) is 11.3 Å². The Hall–Kier alpha value is -1.39. The number of likely N-dealkylation sites (tertiary alicyclic amines) is 1. The zero-order valence-electron chi connectivity index (χ0n) is 10.0. The highest BCUT2D eigenvalue weighted by Crippen LogP contribution is 2.28. The predicted octanol–water partition coefficient (Wildman–Crippen LogP) is 2.95. The number of fused-ring (bicyclic) bond motifs is 1. The molecule has 3 nitrogen and oxygen atoms in total. The molecule has 2 heterocycles. The summed E-state index contributed by atoms with van der Waals surface area (Å²) in [5.41, 5.74) is 0. The minimum absolute atomic E-state index is 0.296. The molecule has 4 heteroatoms. The standard InChI is InChI=1S/C14H15NO2S/c16-14(17)12-5-3-7-15(12)9-11-8-10-4-1-2-6-13(10)18-11/h1-2,4,6,8,12H,3,5,7,9H2,(H,16,17)/t12-/m1/s1. The number of thiophene rings is 1. The van der Waals surface area contributed by atoms with Crippen molar-refractivity contribution in [2.24, 2.45) is 0 Å². The lowest BCUT2D eigenvalue weighted by atomic mass is 10.2. The molecule has 1 atom stereocenters. The van der Waals surface area contributed by atoms with Crippen LogP contribution in [0.5, 0.6) is 0 Å². The smallest absolute Gasteiger partial charge is 0.320 e. The third-order valence-corrected chi connectivity index (χ3v) is 4.59. The molecular weight excluding hydrogens is 246 g/mol. The molecule has 18 heavy (non-hydrogen) atoms. The Morgan fingerprint density at radius 1 is 1.44 bits per heavy atom. The zero-order valence-corrected chi connectivity index (χ0v) is 10.8. The van der Waals surface area contributed by atoms with Crippen molar-refractivity contribution in [3.63, 3.8) is 0 Å². The van der Waals surface area contributed by atoms with Crippen molar-refractivity contribution in [1.82, 2.24) is 4.90 Å². The van der Waals surface area contributed by atoms with Gasteiger partial charge >= 0.3 is 5.97 Å². The topological polar surface area (TPSA) is 40.5 Å². The fourth-order valence-corrected chi connectivity index (χ4v) is 3.70. The van der Waals surface area contributed by atoms with Crippen LogP contribution in [0.1, 0.15) is 17.7 Å². The minimum Gasteiger partial charge on any atom is -0.480 e. The van der Waals surface area contributed by atoms with Crippen molar-refractivity contribution in [2.75, 3.05) is 6.54 Å². The van der Waals surface area contributed by atoms with Gasteiger partial charge in [-0.25, -0.2) is 0 Å². The lowest BCUT2D eigenvalue weighted by molar-refractivity contribution is -0.142. The molecule has 1 aliphatic heterocycles. The second-order valence-corrected chi connectivity index (χ2v) is 5.89. The average Bonchev–Trinajstić information content (AvgIpc) is 2.94. The molecule has 0 spiro atoms. The van der Waals surface area contributed by atoms with Crippen molar-refractivity contribution in [3.05, 3.63) is 35.2 Å². The first-order chi connectivity index (χ1) is 8.74. The van der Waals surface area contributed by atoms with Gasteiger partial charge in [-0.3, -0.25) is 9.69 Å². The number of rotatable bonds is 3. The van der Waals surface area contributed by atoms with Gasteiger partial charge in [0.1, 0.15) is 6.04 Å². The summed E-state index contributed by atoms with van der Waals surface area (Å²) in [7, 11) is 0. The molecule has 0 aliphatic carbocycles. The number of aliphatic carboxylic acids is 1. The van der Waals surface area contributed by atoms with E-state index in [1.807, 2.05) is 12.1 Å². The number of hydrogen-bond acceptors (Lipinski definition) is 3. The van der Waals surface area contributed by atoms with E-state index in [0.29, 0.717) is 0 Å². The van der Waals surface area contributed by atoms with Crippen LogP contribution < -0.4 is 0 Å². The second kappa shape index (κ2) is 4.71. The summed E-state index contributed by atoms with van der Waals surface area (Å²) in [5.74, 6) is -0.686. The molecular formula is C14H15NO2S. The summed E-state index contributed by atoms with van der Waals surface area (Å²) in [6.45, 7) is 1.65. The molecule has 1 fully saturated rings. The Kier molecular flexibility index (Phi) is 3.06. The van der Waals surface area contributed by atoms with Crippen LogP contribution in [0.3, 0.4) is 0 Å². The van der Waals surface area contributed by atoms with Crippen LogP contribution in [0.15, 0.2) is 30.3 Å². The van der Waals surface area contributed by atoms with Crippen molar-refractivity contribution < 1.29 is 9.90 Å². The van der Waals surface area contributed by atoms with Crippen molar-refractivity contribution in [3.8, 4) is 0 Å². The number of benzene rings is 1. The van der Waals surface area contributed by atoms with Crippen molar-refractivity contribution in [1.29, 1.82) is 0 Å². The lowest BCUT2D eigenvalue weighted by Crippen LogP contribution is -2.35. The largest absolute Gasteiger partial charge is 0.480 e. The summed E-state index contributed by atoms with van der Waals surface area (Å²) in [4.78, 5) is 14.5. The molecule has 2 aromatic rings. The molecule has 0 radical (unpaired) electrons. The van der Waals surface area contributed by atoms with Crippen molar-refractivity contribution >= 4 is 27.4 Å². The van der Waals surface area contributed by atoms with Gasteiger partial charge in [-0.05, 0) is 36.9 Å². The highest BCUT2D eigenvalue weighted by molar-refractivity contribution is 7.19. The molecule has 94 valence electrons. The maximum Gasteiger partial charge on any atom is 0.320 e. The Bertz CT molecular complexity index is 545. The molecule has 1 aromatic heterocycles. The molecule has 0 saturated carbocycles. The van der Waals surface area contributed by atoms with Gasteiger partial charge in [0.05, 0.1) is 0 Å². The number of carboxylic acid groups (broad SMARTS) is 1. The first-order valence-electron chi connectivity index (χ1n) is 6.18. The Morgan fingerprint density at radius 2 is 2.28 bits per heavy atom. The number of carboxylic acids is 1. The highest BCUT2D eigenvalue weighted by atomic mass is 32.1. The third kappa shape index (κ3) is 2.13. The monoisotopic (exact) mass is 261 g/mol. The van der Waals surface area contributed by atoms with E-state index in [4.69, 9.17) is 5.11 Å². The van der Waals surface area contributed by atoms with E-state index in [2.05, 4.69) is 23.1 Å². The van der Waals surface area contributed by atoms with E-state index in [0.717, 1.165) is 25.9 Å². The Labute approximate surface area is 110 Å². The van der Waals surface area contributed by atoms with Gasteiger partial charge in [-0.2, -0.15) is 0 Å². The van der Waals surface area contributed by atoms with E-state index in [-0.39, 0.29) is 6.04 Å². The van der Waals surface area contributed by atoms with E-state index < -0.39 is 5.97 Å². The summed E-state index contributed by atoms with van der Waals surface area (Å²) >= 11 is 1.76. The SMILES string of the molecule is O=C(O)[C@H]1CCCN1Cc1cc2ccccc2s1. The number of nitrogens with zero attached hydrogens (tertiary/aromatic N) is 1. The van der Waals surface area contributed by atoms with Gasteiger partial charge in [0.2, 0.25) is 0 Å². The maximum absolute atomic E-state index is 11.1. The van der Waals surface area contributed by atoms with Gasteiger partial charge in [-0.1, -0.05) is 18.2 Å². The maximum atomic E-state index is 11.1. The van der Waals surface area contributed by atoms with E-state index in [9.17, 15) is 4.79 Å². The van der Waals surface area contributed by atoms with Gasteiger partial charge in [0, 0.05) is 16.1 Å².